The van der Waals surface area contributed by atoms with E-state index in [4.69, 9.17) is 16.6 Å². The number of rotatable bonds is 5. The van der Waals surface area contributed by atoms with Gasteiger partial charge in [0.15, 0.2) is 5.16 Å². The Morgan fingerprint density at radius 2 is 2.00 bits per heavy atom. The van der Waals surface area contributed by atoms with Gasteiger partial charge in [0, 0.05) is 22.2 Å². The SMILES string of the molecule is CCCn1c(SCc2ccc(Cl)cc2)nc2sc3c(c2c1=O)CCCC3. The topological polar surface area (TPSA) is 34.9 Å². The summed E-state index contributed by atoms with van der Waals surface area (Å²) in [5, 5.41) is 2.46. The van der Waals surface area contributed by atoms with Crippen molar-refractivity contribution in [2.45, 2.75) is 56.5 Å². The van der Waals surface area contributed by atoms with E-state index >= 15 is 0 Å². The smallest absolute Gasteiger partial charge is 0.263 e. The standard InChI is InChI=1S/C20H21ClN2OS2/c1-2-11-23-19(24)17-15-5-3-4-6-16(15)26-18(17)22-20(23)25-12-13-7-9-14(21)10-8-13/h7-10H,2-6,11-12H2,1H3. The zero-order valence-corrected chi connectivity index (χ0v) is 17.1. The molecule has 0 amide bonds. The second-order valence-corrected chi connectivity index (χ2v) is 9.12. The fourth-order valence-corrected chi connectivity index (χ4v) is 5.89. The fourth-order valence-electron chi connectivity index (χ4n) is 3.48. The number of halogens is 1. The van der Waals surface area contributed by atoms with Crippen molar-refractivity contribution in [3.63, 3.8) is 0 Å². The normalized spacial score (nSPS) is 13.9. The third-order valence-electron chi connectivity index (χ3n) is 4.77. The Labute approximate surface area is 166 Å². The molecule has 0 unspecified atom stereocenters. The van der Waals surface area contributed by atoms with Crippen LogP contribution in [0.2, 0.25) is 5.02 Å². The van der Waals surface area contributed by atoms with Crippen LogP contribution in [0, 0.1) is 0 Å². The zero-order valence-electron chi connectivity index (χ0n) is 14.8. The van der Waals surface area contributed by atoms with E-state index in [1.165, 1.54) is 28.8 Å². The molecule has 26 heavy (non-hydrogen) atoms. The number of aryl methyl sites for hydroxylation is 2. The average Bonchev–Trinajstić information content (AvgIpc) is 3.02. The van der Waals surface area contributed by atoms with Crippen LogP contribution >= 0.6 is 34.7 Å². The molecule has 0 N–H and O–H groups in total. The minimum atomic E-state index is 0.148. The largest absolute Gasteiger partial charge is 0.287 e. The Morgan fingerprint density at radius 1 is 1.23 bits per heavy atom. The highest BCUT2D eigenvalue weighted by atomic mass is 35.5. The molecule has 6 heteroatoms. The summed E-state index contributed by atoms with van der Waals surface area (Å²) in [6.45, 7) is 2.82. The third-order valence-corrected chi connectivity index (χ3v) is 7.25. The van der Waals surface area contributed by atoms with Gasteiger partial charge in [-0.2, -0.15) is 0 Å². The summed E-state index contributed by atoms with van der Waals surface area (Å²) in [5.41, 5.74) is 2.60. The van der Waals surface area contributed by atoms with Crippen LogP contribution in [0.15, 0.2) is 34.2 Å². The lowest BCUT2D eigenvalue weighted by atomic mass is 9.97. The first kappa shape index (κ1) is 18.1. The Morgan fingerprint density at radius 3 is 2.77 bits per heavy atom. The van der Waals surface area contributed by atoms with Gasteiger partial charge in [-0.25, -0.2) is 4.98 Å². The molecule has 2 heterocycles. The van der Waals surface area contributed by atoms with Gasteiger partial charge in [0.25, 0.3) is 5.56 Å². The Bertz CT molecular complexity index is 992. The second kappa shape index (κ2) is 7.75. The molecule has 0 saturated heterocycles. The predicted octanol–water partition coefficient (Wildman–Crippen LogP) is 5.69. The maximum atomic E-state index is 13.2. The number of hydrogen-bond donors (Lipinski definition) is 0. The average molecular weight is 405 g/mol. The van der Waals surface area contributed by atoms with Crippen molar-refractivity contribution in [2.75, 3.05) is 0 Å². The van der Waals surface area contributed by atoms with Crippen molar-refractivity contribution in [2.24, 2.45) is 0 Å². The number of thioether (sulfide) groups is 1. The number of thiophene rings is 1. The van der Waals surface area contributed by atoms with E-state index in [1.54, 1.807) is 23.1 Å². The van der Waals surface area contributed by atoms with Crippen LogP contribution < -0.4 is 5.56 Å². The van der Waals surface area contributed by atoms with Gasteiger partial charge in [-0.15, -0.1) is 11.3 Å². The Balaban J connectivity index is 1.74. The lowest BCUT2D eigenvalue weighted by Crippen LogP contribution is -2.23. The Hall–Kier alpha value is -1.30. The van der Waals surface area contributed by atoms with Crippen molar-refractivity contribution < 1.29 is 0 Å². The lowest BCUT2D eigenvalue weighted by Gasteiger charge is -2.13. The highest BCUT2D eigenvalue weighted by Crippen LogP contribution is 2.35. The number of hydrogen-bond acceptors (Lipinski definition) is 4. The zero-order chi connectivity index (χ0) is 18.1. The van der Waals surface area contributed by atoms with Gasteiger partial charge in [0.1, 0.15) is 4.83 Å². The van der Waals surface area contributed by atoms with E-state index in [1.807, 2.05) is 28.8 Å². The molecular weight excluding hydrogens is 384 g/mol. The van der Waals surface area contributed by atoms with E-state index < -0.39 is 0 Å². The second-order valence-electron chi connectivity index (χ2n) is 6.66. The summed E-state index contributed by atoms with van der Waals surface area (Å²) in [4.78, 5) is 20.4. The summed E-state index contributed by atoms with van der Waals surface area (Å²) in [6, 6.07) is 7.86. The molecule has 1 aliphatic rings. The van der Waals surface area contributed by atoms with E-state index in [-0.39, 0.29) is 5.56 Å². The fraction of sp³-hybridized carbons (Fsp3) is 0.400. The molecular formula is C20H21ClN2OS2. The first-order valence-corrected chi connectivity index (χ1v) is 11.3. The molecule has 2 aromatic heterocycles. The molecule has 4 rings (SSSR count). The summed E-state index contributed by atoms with van der Waals surface area (Å²) in [6.07, 6.45) is 5.45. The van der Waals surface area contributed by atoms with E-state index in [2.05, 4.69) is 6.92 Å². The molecule has 1 aromatic carbocycles. The van der Waals surface area contributed by atoms with Crippen molar-refractivity contribution in [1.82, 2.24) is 9.55 Å². The summed E-state index contributed by atoms with van der Waals surface area (Å²) in [5.74, 6) is 0.782. The molecule has 0 bridgehead atoms. The van der Waals surface area contributed by atoms with E-state index in [0.717, 1.165) is 52.0 Å². The van der Waals surface area contributed by atoms with Crippen LogP contribution in [-0.4, -0.2) is 9.55 Å². The van der Waals surface area contributed by atoms with Gasteiger partial charge in [0.2, 0.25) is 0 Å². The number of benzene rings is 1. The maximum absolute atomic E-state index is 13.2. The van der Waals surface area contributed by atoms with Crippen molar-refractivity contribution in [1.29, 1.82) is 0 Å². The van der Waals surface area contributed by atoms with Crippen LogP contribution in [0.25, 0.3) is 10.2 Å². The van der Waals surface area contributed by atoms with E-state index in [0.29, 0.717) is 0 Å². The van der Waals surface area contributed by atoms with Crippen molar-refractivity contribution >= 4 is 44.9 Å². The van der Waals surface area contributed by atoms with Crippen LogP contribution in [0.5, 0.6) is 0 Å². The molecule has 1 aliphatic carbocycles. The lowest BCUT2D eigenvalue weighted by molar-refractivity contribution is 0.584. The predicted molar refractivity (Wildman–Crippen MR) is 112 cm³/mol. The van der Waals surface area contributed by atoms with Crippen LogP contribution in [0.1, 0.15) is 42.2 Å². The molecule has 0 fully saturated rings. The minimum absolute atomic E-state index is 0.148. The van der Waals surface area contributed by atoms with Crippen LogP contribution in [0.4, 0.5) is 0 Å². The summed E-state index contributed by atoms with van der Waals surface area (Å²) >= 11 is 9.33. The first-order valence-electron chi connectivity index (χ1n) is 9.09. The van der Waals surface area contributed by atoms with Crippen molar-refractivity contribution in [3.8, 4) is 0 Å². The molecule has 3 nitrogen and oxygen atoms in total. The highest BCUT2D eigenvalue weighted by molar-refractivity contribution is 7.98. The van der Waals surface area contributed by atoms with Gasteiger partial charge in [-0.05, 0) is 55.4 Å². The van der Waals surface area contributed by atoms with Gasteiger partial charge in [-0.3, -0.25) is 9.36 Å². The van der Waals surface area contributed by atoms with Gasteiger partial charge < -0.3 is 0 Å². The quantitative estimate of drug-likeness (QED) is 0.404. The minimum Gasteiger partial charge on any atom is -0.287 e. The Kier molecular flexibility index (Phi) is 5.39. The van der Waals surface area contributed by atoms with Crippen LogP contribution in [-0.2, 0) is 25.1 Å². The summed E-state index contributed by atoms with van der Waals surface area (Å²) < 4.78 is 1.88. The van der Waals surface area contributed by atoms with E-state index in [9.17, 15) is 4.79 Å². The molecule has 0 radical (unpaired) electrons. The van der Waals surface area contributed by atoms with Crippen LogP contribution in [0.3, 0.4) is 0 Å². The van der Waals surface area contributed by atoms with Gasteiger partial charge in [0.05, 0.1) is 5.39 Å². The number of fused-ring (bicyclic) bond motifs is 3. The first-order chi connectivity index (χ1) is 12.7. The molecule has 3 aromatic rings. The highest BCUT2D eigenvalue weighted by Gasteiger charge is 2.22. The number of nitrogens with zero attached hydrogens (tertiary/aromatic N) is 2. The molecule has 0 aliphatic heterocycles. The van der Waals surface area contributed by atoms with Gasteiger partial charge >= 0.3 is 0 Å². The van der Waals surface area contributed by atoms with Crippen molar-refractivity contribution in [3.05, 3.63) is 55.6 Å². The molecule has 136 valence electrons. The monoisotopic (exact) mass is 404 g/mol. The number of aromatic nitrogens is 2. The summed E-state index contributed by atoms with van der Waals surface area (Å²) in [7, 11) is 0. The molecule has 0 atom stereocenters. The van der Waals surface area contributed by atoms with Gasteiger partial charge in [-0.1, -0.05) is 42.4 Å². The maximum Gasteiger partial charge on any atom is 0.263 e. The molecule has 0 spiro atoms. The third kappa shape index (κ3) is 3.45. The molecule has 0 saturated carbocycles.